The molecule has 6 nitrogen and oxygen atoms in total. The minimum absolute atomic E-state index is 0.137. The molecule has 1 aromatic heterocycles. The van der Waals surface area contributed by atoms with Gasteiger partial charge in [-0.05, 0) is 24.3 Å². The van der Waals surface area contributed by atoms with Crippen LogP contribution < -0.4 is 15.4 Å². The van der Waals surface area contributed by atoms with E-state index in [2.05, 4.69) is 20.8 Å². The van der Waals surface area contributed by atoms with E-state index in [1.54, 1.807) is 18.3 Å². The van der Waals surface area contributed by atoms with Crippen molar-refractivity contribution in [2.45, 2.75) is 18.6 Å². The average molecular weight is 376 g/mol. The SMILES string of the molecule is O=C(Nc1cccc2[nH]ncc12)N[C@@H]1CCOc2cc(C(F)(F)F)ccc21. The number of alkyl halides is 3. The van der Waals surface area contributed by atoms with Gasteiger partial charge >= 0.3 is 12.2 Å². The fourth-order valence-electron chi connectivity index (χ4n) is 3.11. The summed E-state index contributed by atoms with van der Waals surface area (Å²) in [5.74, 6) is 0.137. The normalized spacial score (nSPS) is 16.5. The van der Waals surface area contributed by atoms with Crippen LogP contribution in [0.2, 0.25) is 0 Å². The number of benzene rings is 2. The number of hydrogen-bond acceptors (Lipinski definition) is 3. The van der Waals surface area contributed by atoms with Crippen LogP contribution in [0.15, 0.2) is 42.6 Å². The Bertz CT molecular complexity index is 1000. The topological polar surface area (TPSA) is 79.0 Å². The van der Waals surface area contributed by atoms with Crippen molar-refractivity contribution in [2.75, 3.05) is 11.9 Å². The molecule has 140 valence electrons. The number of fused-ring (bicyclic) bond motifs is 2. The molecule has 3 N–H and O–H groups in total. The molecule has 0 saturated heterocycles. The molecule has 9 heteroatoms. The van der Waals surface area contributed by atoms with E-state index < -0.39 is 23.8 Å². The van der Waals surface area contributed by atoms with Crippen molar-refractivity contribution in [3.63, 3.8) is 0 Å². The molecular formula is C18H15F3N4O2. The van der Waals surface area contributed by atoms with Crippen molar-refractivity contribution in [1.29, 1.82) is 0 Å². The number of anilines is 1. The lowest BCUT2D eigenvalue weighted by Crippen LogP contribution is -2.35. The maximum absolute atomic E-state index is 12.9. The number of aromatic amines is 1. The lowest BCUT2D eigenvalue weighted by Gasteiger charge is -2.27. The number of amides is 2. The largest absolute Gasteiger partial charge is 0.493 e. The van der Waals surface area contributed by atoms with Crippen molar-refractivity contribution in [1.82, 2.24) is 15.5 Å². The zero-order valence-corrected chi connectivity index (χ0v) is 13.9. The van der Waals surface area contributed by atoms with Crippen LogP contribution in [0.3, 0.4) is 0 Å². The van der Waals surface area contributed by atoms with Crippen LogP contribution in [0.4, 0.5) is 23.7 Å². The Hall–Kier alpha value is -3.23. The Morgan fingerprint density at radius 3 is 2.93 bits per heavy atom. The molecule has 27 heavy (non-hydrogen) atoms. The highest BCUT2D eigenvalue weighted by atomic mass is 19.4. The van der Waals surface area contributed by atoms with Gasteiger partial charge in [0.25, 0.3) is 0 Å². The highest BCUT2D eigenvalue weighted by molar-refractivity contribution is 6.00. The highest BCUT2D eigenvalue weighted by Crippen LogP contribution is 2.38. The number of H-pyrrole nitrogens is 1. The van der Waals surface area contributed by atoms with Crippen molar-refractivity contribution in [3.05, 3.63) is 53.7 Å². The Balaban J connectivity index is 1.52. The molecule has 1 atom stereocenters. The zero-order valence-electron chi connectivity index (χ0n) is 13.9. The standard InChI is InChI=1S/C18H15F3N4O2/c19-18(20,21)10-4-5-11-14(6-7-27-16(11)8-10)24-17(26)23-13-2-1-3-15-12(13)9-22-25-15/h1-5,8-9,14H,6-7H2,(H,22,25)(H2,23,24,26)/t14-/m1/s1. The predicted molar refractivity (Wildman–Crippen MR) is 92.5 cm³/mol. The molecule has 2 heterocycles. The van der Waals surface area contributed by atoms with E-state index in [-0.39, 0.29) is 12.4 Å². The second-order valence-corrected chi connectivity index (χ2v) is 6.18. The molecule has 0 unspecified atom stereocenters. The van der Waals surface area contributed by atoms with Gasteiger partial charge in [0.05, 0.1) is 35.6 Å². The smallest absolute Gasteiger partial charge is 0.416 e. The quantitative estimate of drug-likeness (QED) is 0.626. The summed E-state index contributed by atoms with van der Waals surface area (Å²) in [6.07, 6.45) is -2.38. The van der Waals surface area contributed by atoms with Crippen molar-refractivity contribution < 1.29 is 22.7 Å². The zero-order chi connectivity index (χ0) is 19.0. The van der Waals surface area contributed by atoms with Gasteiger partial charge in [0.2, 0.25) is 0 Å². The van der Waals surface area contributed by atoms with Gasteiger partial charge in [-0.3, -0.25) is 5.10 Å². The fraction of sp³-hybridized carbons (Fsp3) is 0.222. The Kier molecular flexibility index (Phi) is 4.14. The molecule has 0 aliphatic carbocycles. The molecule has 0 spiro atoms. The third kappa shape index (κ3) is 3.40. The van der Waals surface area contributed by atoms with E-state index in [0.29, 0.717) is 17.7 Å². The second-order valence-electron chi connectivity index (χ2n) is 6.18. The van der Waals surface area contributed by atoms with Crippen LogP contribution in [0.25, 0.3) is 10.9 Å². The molecule has 3 aromatic rings. The monoisotopic (exact) mass is 376 g/mol. The van der Waals surface area contributed by atoms with Crippen molar-refractivity contribution >= 4 is 22.6 Å². The van der Waals surface area contributed by atoms with Gasteiger partial charge < -0.3 is 15.4 Å². The fourth-order valence-corrected chi connectivity index (χ4v) is 3.11. The molecule has 1 aliphatic heterocycles. The number of urea groups is 1. The summed E-state index contributed by atoms with van der Waals surface area (Å²) in [5, 5.41) is 13.1. The summed E-state index contributed by atoms with van der Waals surface area (Å²) in [4.78, 5) is 12.4. The van der Waals surface area contributed by atoms with E-state index in [1.165, 1.54) is 6.07 Å². The molecule has 4 rings (SSSR count). The molecule has 0 radical (unpaired) electrons. The predicted octanol–water partition coefficient (Wildman–Crippen LogP) is 4.23. The number of nitrogens with one attached hydrogen (secondary N) is 3. The first kappa shape index (κ1) is 17.2. The van der Waals surface area contributed by atoms with Crippen LogP contribution in [0.5, 0.6) is 5.75 Å². The summed E-state index contributed by atoms with van der Waals surface area (Å²) >= 11 is 0. The maximum atomic E-state index is 12.9. The first-order chi connectivity index (χ1) is 12.9. The van der Waals surface area contributed by atoms with Gasteiger partial charge in [-0.1, -0.05) is 12.1 Å². The number of halogens is 3. The average Bonchev–Trinajstić information content (AvgIpc) is 3.10. The number of ether oxygens (including phenoxy) is 1. The van der Waals surface area contributed by atoms with E-state index in [9.17, 15) is 18.0 Å². The first-order valence-corrected chi connectivity index (χ1v) is 8.25. The summed E-state index contributed by atoms with van der Waals surface area (Å²) < 4.78 is 43.9. The lowest BCUT2D eigenvalue weighted by molar-refractivity contribution is -0.137. The number of hydrogen-bond donors (Lipinski definition) is 3. The van der Waals surface area contributed by atoms with Gasteiger partial charge in [-0.15, -0.1) is 0 Å². The van der Waals surface area contributed by atoms with Crippen LogP contribution >= 0.6 is 0 Å². The summed E-state index contributed by atoms with van der Waals surface area (Å²) in [6.45, 7) is 0.219. The highest BCUT2D eigenvalue weighted by Gasteiger charge is 2.33. The molecule has 1 aliphatic rings. The van der Waals surface area contributed by atoms with E-state index in [1.807, 2.05) is 6.07 Å². The van der Waals surface area contributed by atoms with Crippen LogP contribution in [0, 0.1) is 0 Å². The minimum Gasteiger partial charge on any atom is -0.493 e. The number of carbonyl (C=O) groups excluding carboxylic acids is 1. The number of aromatic nitrogens is 2. The van der Waals surface area contributed by atoms with E-state index in [4.69, 9.17) is 4.74 Å². The minimum atomic E-state index is -4.45. The number of nitrogens with zero attached hydrogens (tertiary/aromatic N) is 1. The van der Waals surface area contributed by atoms with Gasteiger partial charge in [0, 0.05) is 17.4 Å². The van der Waals surface area contributed by atoms with Gasteiger partial charge in [-0.25, -0.2) is 4.79 Å². The van der Waals surface area contributed by atoms with E-state index in [0.717, 1.165) is 23.0 Å². The van der Waals surface area contributed by atoms with Crippen LogP contribution in [-0.4, -0.2) is 22.8 Å². The summed E-state index contributed by atoms with van der Waals surface area (Å²) in [5.41, 5.74) is 1.10. The van der Waals surface area contributed by atoms with Gasteiger partial charge in [0.15, 0.2) is 0 Å². The maximum Gasteiger partial charge on any atom is 0.416 e. The Labute approximate surface area is 151 Å². The van der Waals surface area contributed by atoms with Crippen molar-refractivity contribution in [3.8, 4) is 5.75 Å². The second kappa shape index (κ2) is 6.49. The van der Waals surface area contributed by atoms with Crippen molar-refractivity contribution in [2.24, 2.45) is 0 Å². The van der Waals surface area contributed by atoms with Gasteiger partial charge in [0.1, 0.15) is 5.75 Å². The summed E-state index contributed by atoms with van der Waals surface area (Å²) in [7, 11) is 0. The third-order valence-electron chi connectivity index (χ3n) is 4.42. The third-order valence-corrected chi connectivity index (χ3v) is 4.42. The molecule has 2 aromatic carbocycles. The molecule has 0 saturated carbocycles. The van der Waals surface area contributed by atoms with E-state index >= 15 is 0 Å². The van der Waals surface area contributed by atoms with Gasteiger partial charge in [-0.2, -0.15) is 18.3 Å². The first-order valence-electron chi connectivity index (χ1n) is 8.25. The van der Waals surface area contributed by atoms with Crippen LogP contribution in [-0.2, 0) is 6.18 Å². The van der Waals surface area contributed by atoms with Crippen LogP contribution in [0.1, 0.15) is 23.6 Å². The molecule has 0 bridgehead atoms. The summed E-state index contributed by atoms with van der Waals surface area (Å²) in [6, 6.07) is 7.75. The molecule has 2 amide bonds. The number of rotatable bonds is 2. The lowest BCUT2D eigenvalue weighted by atomic mass is 9.98. The Morgan fingerprint density at radius 2 is 2.11 bits per heavy atom. The molecular weight excluding hydrogens is 361 g/mol. The molecule has 0 fully saturated rings. The number of carbonyl (C=O) groups is 1. The Morgan fingerprint density at radius 1 is 1.26 bits per heavy atom.